The molecule has 1 heterocycles. The number of benzene rings is 1. The standard InChI is InChI=1S/C20H27NO3/c1-5-14(3)16-7-9-17(10-8-16)23-13-18-11-12-19(24-18)20(22)21-15(4)6-2/h7-12,14-15H,5-6,13H2,1-4H3,(H,21,22). The van der Waals surface area contributed by atoms with Crippen LogP contribution in [0, 0.1) is 0 Å². The molecule has 0 saturated heterocycles. The molecule has 2 rings (SSSR count). The fourth-order valence-electron chi connectivity index (χ4n) is 2.26. The van der Waals surface area contributed by atoms with Crippen molar-refractivity contribution < 1.29 is 13.9 Å². The van der Waals surface area contributed by atoms with Gasteiger partial charge in [0.25, 0.3) is 5.91 Å². The summed E-state index contributed by atoms with van der Waals surface area (Å²) in [6.45, 7) is 8.69. The zero-order valence-corrected chi connectivity index (χ0v) is 15.0. The van der Waals surface area contributed by atoms with Crippen LogP contribution in [0.4, 0.5) is 0 Å². The van der Waals surface area contributed by atoms with E-state index < -0.39 is 0 Å². The molecule has 1 N–H and O–H groups in total. The van der Waals surface area contributed by atoms with E-state index in [1.165, 1.54) is 5.56 Å². The Kier molecular flexibility index (Phi) is 6.47. The Balaban J connectivity index is 1.90. The first-order valence-electron chi connectivity index (χ1n) is 8.65. The van der Waals surface area contributed by atoms with Gasteiger partial charge in [-0.05, 0) is 55.5 Å². The second kappa shape index (κ2) is 8.57. The Morgan fingerprint density at radius 2 is 1.79 bits per heavy atom. The van der Waals surface area contributed by atoms with Crippen LogP contribution in [-0.2, 0) is 6.61 Å². The summed E-state index contributed by atoms with van der Waals surface area (Å²) in [4.78, 5) is 12.0. The zero-order valence-electron chi connectivity index (χ0n) is 15.0. The van der Waals surface area contributed by atoms with E-state index in [1.54, 1.807) is 12.1 Å². The maximum Gasteiger partial charge on any atom is 0.287 e. The SMILES string of the molecule is CCC(C)NC(=O)c1ccc(COc2ccc(C(C)CC)cc2)o1. The minimum Gasteiger partial charge on any atom is -0.486 e. The van der Waals surface area contributed by atoms with Crippen LogP contribution in [0.15, 0.2) is 40.8 Å². The summed E-state index contributed by atoms with van der Waals surface area (Å²) in [5.41, 5.74) is 1.31. The first kappa shape index (κ1) is 18.1. The Labute approximate surface area is 144 Å². The smallest absolute Gasteiger partial charge is 0.287 e. The lowest BCUT2D eigenvalue weighted by molar-refractivity contribution is 0.0907. The molecule has 4 heteroatoms. The van der Waals surface area contributed by atoms with Crippen LogP contribution in [0.2, 0.25) is 0 Å². The van der Waals surface area contributed by atoms with Crippen LogP contribution in [-0.4, -0.2) is 11.9 Å². The van der Waals surface area contributed by atoms with Gasteiger partial charge in [-0.25, -0.2) is 0 Å². The van der Waals surface area contributed by atoms with Crippen molar-refractivity contribution >= 4 is 5.91 Å². The van der Waals surface area contributed by atoms with Crippen molar-refractivity contribution in [3.8, 4) is 5.75 Å². The number of carbonyl (C=O) groups excluding carboxylic acids is 1. The Morgan fingerprint density at radius 3 is 2.42 bits per heavy atom. The van der Waals surface area contributed by atoms with Crippen LogP contribution in [0.3, 0.4) is 0 Å². The van der Waals surface area contributed by atoms with E-state index in [-0.39, 0.29) is 11.9 Å². The minimum atomic E-state index is -0.187. The fourth-order valence-corrected chi connectivity index (χ4v) is 2.26. The first-order valence-corrected chi connectivity index (χ1v) is 8.65. The van der Waals surface area contributed by atoms with Gasteiger partial charge in [0, 0.05) is 6.04 Å². The number of furan rings is 1. The highest BCUT2D eigenvalue weighted by Gasteiger charge is 2.13. The van der Waals surface area contributed by atoms with Crippen LogP contribution >= 0.6 is 0 Å². The average Bonchev–Trinajstić information content (AvgIpc) is 3.08. The number of hydrogen-bond acceptors (Lipinski definition) is 3. The van der Waals surface area contributed by atoms with E-state index in [2.05, 4.69) is 31.3 Å². The normalized spacial score (nSPS) is 13.3. The predicted octanol–water partition coefficient (Wildman–Crippen LogP) is 4.90. The molecule has 1 aromatic heterocycles. The molecule has 2 unspecified atom stereocenters. The number of amides is 1. The summed E-state index contributed by atoms with van der Waals surface area (Å²) in [5.74, 6) is 2.12. The van der Waals surface area contributed by atoms with Crippen LogP contribution in [0.25, 0.3) is 0 Å². The third-order valence-corrected chi connectivity index (χ3v) is 4.32. The molecule has 0 saturated carbocycles. The largest absolute Gasteiger partial charge is 0.486 e. The molecule has 24 heavy (non-hydrogen) atoms. The van der Waals surface area contributed by atoms with Gasteiger partial charge in [-0.2, -0.15) is 0 Å². The van der Waals surface area contributed by atoms with Crippen molar-refractivity contribution in [3.63, 3.8) is 0 Å². The summed E-state index contributed by atoms with van der Waals surface area (Å²) >= 11 is 0. The van der Waals surface area contributed by atoms with Crippen molar-refractivity contribution in [3.05, 3.63) is 53.5 Å². The topological polar surface area (TPSA) is 51.5 Å². The molecule has 0 fully saturated rings. The number of hydrogen-bond donors (Lipinski definition) is 1. The first-order chi connectivity index (χ1) is 11.5. The second-order valence-corrected chi connectivity index (χ2v) is 6.22. The Bertz CT molecular complexity index is 645. The van der Waals surface area contributed by atoms with Crippen LogP contribution < -0.4 is 10.1 Å². The highest BCUT2D eigenvalue weighted by molar-refractivity contribution is 5.91. The van der Waals surface area contributed by atoms with Gasteiger partial charge >= 0.3 is 0 Å². The minimum absolute atomic E-state index is 0.131. The summed E-state index contributed by atoms with van der Waals surface area (Å²) < 4.78 is 11.3. The molecule has 130 valence electrons. The number of carbonyl (C=O) groups is 1. The van der Waals surface area contributed by atoms with Gasteiger partial charge in [0.15, 0.2) is 5.76 Å². The molecule has 0 spiro atoms. The monoisotopic (exact) mass is 329 g/mol. The molecule has 1 amide bonds. The third kappa shape index (κ3) is 4.88. The van der Waals surface area contributed by atoms with Crippen molar-refractivity contribution in [2.75, 3.05) is 0 Å². The lowest BCUT2D eigenvalue weighted by atomic mass is 9.99. The van der Waals surface area contributed by atoms with E-state index in [0.29, 0.717) is 24.0 Å². The third-order valence-electron chi connectivity index (χ3n) is 4.32. The average molecular weight is 329 g/mol. The van der Waals surface area contributed by atoms with Crippen molar-refractivity contribution in [2.24, 2.45) is 0 Å². The van der Waals surface area contributed by atoms with E-state index >= 15 is 0 Å². The molecule has 1 aromatic carbocycles. The molecule has 2 atom stereocenters. The quantitative estimate of drug-likeness (QED) is 0.749. The van der Waals surface area contributed by atoms with Gasteiger partial charge in [0.05, 0.1) is 0 Å². The van der Waals surface area contributed by atoms with Gasteiger partial charge < -0.3 is 14.5 Å². The molecule has 0 aliphatic carbocycles. The fraction of sp³-hybridized carbons (Fsp3) is 0.450. The number of nitrogens with one attached hydrogen (secondary N) is 1. The molecule has 4 nitrogen and oxygen atoms in total. The Hall–Kier alpha value is -2.23. The van der Waals surface area contributed by atoms with Crippen molar-refractivity contribution in [1.29, 1.82) is 0 Å². The Morgan fingerprint density at radius 1 is 1.08 bits per heavy atom. The van der Waals surface area contributed by atoms with Gasteiger partial charge in [-0.1, -0.05) is 32.9 Å². The van der Waals surface area contributed by atoms with Gasteiger partial charge in [-0.15, -0.1) is 0 Å². The van der Waals surface area contributed by atoms with Gasteiger partial charge in [-0.3, -0.25) is 4.79 Å². The summed E-state index contributed by atoms with van der Waals surface area (Å²) in [5, 5.41) is 2.88. The number of rotatable bonds is 8. The molecule has 0 aliphatic rings. The molecule has 0 radical (unpaired) electrons. The zero-order chi connectivity index (χ0) is 17.5. The van der Waals surface area contributed by atoms with E-state index in [9.17, 15) is 4.79 Å². The van der Waals surface area contributed by atoms with E-state index in [4.69, 9.17) is 9.15 Å². The van der Waals surface area contributed by atoms with Gasteiger partial charge in [0.2, 0.25) is 0 Å². The maximum absolute atomic E-state index is 12.0. The highest BCUT2D eigenvalue weighted by atomic mass is 16.5. The van der Waals surface area contributed by atoms with E-state index in [0.717, 1.165) is 18.6 Å². The van der Waals surface area contributed by atoms with Crippen LogP contribution in [0.1, 0.15) is 68.3 Å². The summed E-state index contributed by atoms with van der Waals surface area (Å²) in [6, 6.07) is 11.7. The predicted molar refractivity (Wildman–Crippen MR) is 95.4 cm³/mol. The second-order valence-electron chi connectivity index (χ2n) is 6.22. The molecule has 0 aliphatic heterocycles. The highest BCUT2D eigenvalue weighted by Crippen LogP contribution is 2.22. The number of ether oxygens (including phenoxy) is 1. The van der Waals surface area contributed by atoms with Gasteiger partial charge in [0.1, 0.15) is 18.1 Å². The maximum atomic E-state index is 12.0. The lowest BCUT2D eigenvalue weighted by Crippen LogP contribution is -2.31. The summed E-state index contributed by atoms with van der Waals surface area (Å²) in [7, 11) is 0. The van der Waals surface area contributed by atoms with Crippen LogP contribution in [0.5, 0.6) is 5.75 Å². The molecule has 0 bridgehead atoms. The lowest BCUT2D eigenvalue weighted by Gasteiger charge is -2.10. The van der Waals surface area contributed by atoms with Crippen molar-refractivity contribution in [1.82, 2.24) is 5.32 Å². The van der Waals surface area contributed by atoms with E-state index in [1.807, 2.05) is 26.0 Å². The molecule has 2 aromatic rings. The van der Waals surface area contributed by atoms with Crippen molar-refractivity contribution in [2.45, 2.75) is 59.1 Å². The molecular weight excluding hydrogens is 302 g/mol. The summed E-state index contributed by atoms with van der Waals surface area (Å²) in [6.07, 6.45) is 2.00. The molecular formula is C20H27NO3.